The van der Waals surface area contributed by atoms with E-state index in [-0.39, 0.29) is 27.9 Å². The molecule has 1 aromatic heterocycles. The van der Waals surface area contributed by atoms with Crippen molar-refractivity contribution in [2.45, 2.75) is 109 Å². The maximum Gasteiger partial charge on any atom is 0.330 e. The van der Waals surface area contributed by atoms with Gasteiger partial charge in [-0.15, -0.1) is 0 Å². The Morgan fingerprint density at radius 1 is 1.10 bits per heavy atom. The second-order valence-corrected chi connectivity index (χ2v) is 25.0. The Morgan fingerprint density at radius 2 is 1.64 bits per heavy atom. The monoisotopic (exact) mass is 623 g/mol. The normalized spacial score (nSPS) is 28.1. The van der Waals surface area contributed by atoms with E-state index in [1.807, 2.05) is 47.0 Å². The first-order valence-corrected chi connectivity index (χ1v) is 20.4. The minimum absolute atomic E-state index is 0.0954. The Balaban J connectivity index is 2.29. The number of ether oxygens (including phenoxy) is 1. The maximum atomic E-state index is 13.0. The third-order valence-corrected chi connectivity index (χ3v) is 19.5. The van der Waals surface area contributed by atoms with E-state index in [1.165, 1.54) is 10.8 Å². The lowest BCUT2D eigenvalue weighted by atomic mass is 9.89. The van der Waals surface area contributed by atoms with Crippen LogP contribution in [0.1, 0.15) is 53.3 Å². The van der Waals surface area contributed by atoms with Crippen molar-refractivity contribution >= 4 is 38.4 Å². The van der Waals surface area contributed by atoms with Gasteiger partial charge in [-0.1, -0.05) is 53.1 Å². The minimum Gasteiger partial charge on any atom is -0.414 e. The molecule has 11 nitrogen and oxygen atoms in total. The average Bonchev–Trinajstić information content (AvgIpc) is 3.14. The Hall–Kier alpha value is -1.27. The summed E-state index contributed by atoms with van der Waals surface area (Å²) < 4.78 is 52.0. The van der Waals surface area contributed by atoms with Gasteiger partial charge < -0.3 is 19.3 Å². The summed E-state index contributed by atoms with van der Waals surface area (Å²) in [7, 11) is -9.51. The number of H-pyrrole nitrogens is 1. The first-order valence-electron chi connectivity index (χ1n) is 12.8. The molecule has 0 unspecified atom stereocenters. The highest BCUT2D eigenvalue weighted by Gasteiger charge is 2.69. The Kier molecular flexibility index (Phi) is 8.21. The van der Waals surface area contributed by atoms with Crippen molar-refractivity contribution in [1.82, 2.24) is 9.55 Å². The highest BCUT2D eigenvalue weighted by molar-refractivity contribution is 7.92. The molecule has 39 heavy (non-hydrogen) atoms. The summed E-state index contributed by atoms with van der Waals surface area (Å²) in [6.07, 6.45) is -2.20. The van der Waals surface area contributed by atoms with E-state index in [0.29, 0.717) is 0 Å². The number of aromatic nitrogens is 2. The lowest BCUT2D eigenvalue weighted by molar-refractivity contribution is -0.0563. The lowest BCUT2D eigenvalue weighted by Crippen LogP contribution is -2.59. The summed E-state index contributed by atoms with van der Waals surface area (Å²) in [6, 6.07) is 0. The quantitative estimate of drug-likeness (QED) is 0.357. The molecule has 2 aliphatic heterocycles. The molecule has 0 amide bonds. The summed E-state index contributed by atoms with van der Waals surface area (Å²) in [6.45, 7) is 21.8. The minimum atomic E-state index is -4.45. The van der Waals surface area contributed by atoms with Gasteiger partial charge in [-0.05, 0) is 43.2 Å². The topological polar surface area (TPSA) is 152 Å². The van der Waals surface area contributed by atoms with Gasteiger partial charge in [0, 0.05) is 11.8 Å². The van der Waals surface area contributed by atoms with Crippen LogP contribution in [0, 0.1) is 6.92 Å². The van der Waals surface area contributed by atoms with Gasteiger partial charge in [0.25, 0.3) is 5.56 Å². The van der Waals surface area contributed by atoms with E-state index < -0.39 is 66.4 Å². The zero-order valence-electron chi connectivity index (χ0n) is 24.6. The number of nitrogens with two attached hydrogens (primary N) is 1. The van der Waals surface area contributed by atoms with Crippen LogP contribution in [0.15, 0.2) is 25.8 Å². The van der Waals surface area contributed by atoms with Crippen molar-refractivity contribution in [3.8, 4) is 0 Å². The first kappa shape index (κ1) is 32.3. The van der Waals surface area contributed by atoms with Gasteiger partial charge in [0.15, 0.2) is 32.8 Å². The number of hydrogen-bond acceptors (Lipinski definition) is 9. The van der Waals surface area contributed by atoms with E-state index in [1.54, 1.807) is 6.92 Å². The molecule has 3 rings (SSSR count). The number of hydrogen-bond donors (Lipinski definition) is 2. The van der Waals surface area contributed by atoms with Crippen LogP contribution in [0.4, 0.5) is 0 Å². The predicted molar refractivity (Wildman–Crippen MR) is 155 cm³/mol. The lowest BCUT2D eigenvalue weighted by Gasteiger charge is -2.43. The third kappa shape index (κ3) is 5.50. The molecular formula is C24H42ClN3O8SSi2. The van der Waals surface area contributed by atoms with E-state index >= 15 is 0 Å². The SMILES string of the molecule is Cc1cn([C@@H]2O[C@H](CO[Si](C)(C)C(C)(C)C)[C@@]3(OS(=O)(=O)C(Cl)=C3N)[C@H]2O[Si](C)(C)C(C)(C)C)c(=O)[nH]c1=O. The Bertz CT molecular complexity index is 1390. The van der Waals surface area contributed by atoms with Gasteiger partial charge in [0.2, 0.25) is 0 Å². The zero-order valence-corrected chi connectivity index (χ0v) is 28.2. The number of halogens is 1. The maximum absolute atomic E-state index is 13.0. The molecule has 222 valence electrons. The molecule has 0 saturated carbocycles. The molecule has 1 aromatic rings. The van der Waals surface area contributed by atoms with Crippen molar-refractivity contribution in [2.75, 3.05) is 6.61 Å². The molecule has 0 aromatic carbocycles. The summed E-state index contributed by atoms with van der Waals surface area (Å²) in [4.78, 5) is 27.5. The molecule has 1 saturated heterocycles. The van der Waals surface area contributed by atoms with Crippen molar-refractivity contribution in [2.24, 2.45) is 5.73 Å². The van der Waals surface area contributed by atoms with Crippen LogP contribution in [-0.4, -0.2) is 59.0 Å². The number of nitrogens with one attached hydrogen (secondary N) is 1. The first-order chi connectivity index (χ1) is 17.4. The fraction of sp³-hybridized carbons (Fsp3) is 0.750. The second kappa shape index (κ2) is 9.93. The molecule has 1 fully saturated rings. The molecule has 0 bridgehead atoms. The standard InChI is InChI=1S/C24H42ClN3O8SSi2/c1-14-12-28(21(30)27-19(14)29)20-17(35-39(10,11)23(5,6)7)24(16(26)18(25)37(31,32)36-24)15(34-20)13-33-38(8,9)22(2,3)4/h12,15,17,20H,13,26H2,1-11H3,(H,27,29,30)/t15-,17+,20-,24+/m1/s1. The van der Waals surface area contributed by atoms with Gasteiger partial charge in [0.1, 0.15) is 12.2 Å². The van der Waals surface area contributed by atoms with E-state index in [9.17, 15) is 18.0 Å². The van der Waals surface area contributed by atoms with Gasteiger partial charge in [-0.25, -0.2) is 8.98 Å². The van der Waals surface area contributed by atoms with Gasteiger partial charge in [-0.2, -0.15) is 8.42 Å². The van der Waals surface area contributed by atoms with Crippen LogP contribution >= 0.6 is 11.6 Å². The Morgan fingerprint density at radius 3 is 2.10 bits per heavy atom. The van der Waals surface area contributed by atoms with Crippen LogP contribution in [0.5, 0.6) is 0 Å². The molecule has 15 heteroatoms. The van der Waals surface area contributed by atoms with E-state index in [0.717, 1.165) is 0 Å². The van der Waals surface area contributed by atoms with Crippen molar-refractivity contribution in [1.29, 1.82) is 0 Å². The van der Waals surface area contributed by atoms with E-state index in [2.05, 4.69) is 25.8 Å². The summed E-state index contributed by atoms with van der Waals surface area (Å²) in [5.41, 5.74) is 3.23. The number of rotatable bonds is 6. The molecule has 2 aliphatic rings. The summed E-state index contributed by atoms with van der Waals surface area (Å²) in [5, 5.41) is -0.482. The van der Waals surface area contributed by atoms with Crippen LogP contribution in [0.3, 0.4) is 0 Å². The van der Waals surface area contributed by atoms with Crippen LogP contribution in [-0.2, 0) is 27.9 Å². The second-order valence-electron chi connectivity index (χ2n) is 13.4. The van der Waals surface area contributed by atoms with Crippen LogP contribution in [0.25, 0.3) is 0 Å². The molecule has 3 N–H and O–H groups in total. The fourth-order valence-corrected chi connectivity index (χ4v) is 7.69. The highest BCUT2D eigenvalue weighted by atomic mass is 35.5. The fourth-order valence-electron chi connectivity index (χ4n) is 4.00. The summed E-state index contributed by atoms with van der Waals surface area (Å²) in [5.74, 6) is 0. The van der Waals surface area contributed by atoms with Gasteiger partial charge in [-0.3, -0.25) is 14.3 Å². The van der Waals surface area contributed by atoms with Crippen molar-refractivity contribution in [3.05, 3.63) is 42.7 Å². The average molecular weight is 624 g/mol. The predicted octanol–water partition coefficient (Wildman–Crippen LogP) is 3.62. The van der Waals surface area contributed by atoms with Gasteiger partial charge in [0.05, 0.1) is 12.3 Å². The van der Waals surface area contributed by atoms with Crippen molar-refractivity contribution in [3.63, 3.8) is 0 Å². The molecule has 3 heterocycles. The van der Waals surface area contributed by atoms with Crippen molar-refractivity contribution < 1.29 is 26.2 Å². The molecule has 4 atom stereocenters. The highest BCUT2D eigenvalue weighted by Crippen LogP contribution is 2.54. The zero-order chi connectivity index (χ0) is 30.1. The van der Waals surface area contributed by atoms with Crippen LogP contribution in [0.2, 0.25) is 36.3 Å². The molecular weight excluding hydrogens is 582 g/mol. The number of nitrogens with zero attached hydrogens (tertiary/aromatic N) is 1. The molecule has 0 radical (unpaired) electrons. The number of aryl methyl sites for hydroxylation is 1. The third-order valence-electron chi connectivity index (χ3n) is 8.61. The smallest absolute Gasteiger partial charge is 0.330 e. The van der Waals surface area contributed by atoms with Gasteiger partial charge >= 0.3 is 15.8 Å². The largest absolute Gasteiger partial charge is 0.414 e. The van der Waals surface area contributed by atoms with Crippen LogP contribution < -0.4 is 17.0 Å². The summed E-state index contributed by atoms with van der Waals surface area (Å²) >= 11 is 6.24. The Labute approximate surface area is 237 Å². The molecule has 1 spiro atoms. The molecule has 0 aliphatic carbocycles. The van der Waals surface area contributed by atoms with E-state index in [4.69, 9.17) is 35.1 Å². The number of aromatic amines is 1.